The third-order valence-corrected chi connectivity index (χ3v) is 4.84. The molecule has 0 spiro atoms. The number of aromatic nitrogens is 2. The van der Waals surface area contributed by atoms with Crippen LogP contribution in [-0.4, -0.2) is 9.78 Å². The first-order valence-electron chi connectivity index (χ1n) is 7.35. The fraction of sp³-hybridized carbons (Fsp3) is 0.444. The third-order valence-electron chi connectivity index (χ3n) is 4.84. The van der Waals surface area contributed by atoms with E-state index in [9.17, 15) is 4.79 Å². The Kier molecular flexibility index (Phi) is 4.04. The molecule has 0 fully saturated rings. The minimum atomic E-state index is 0.00776. The van der Waals surface area contributed by atoms with Crippen LogP contribution in [0.1, 0.15) is 44.6 Å². The Morgan fingerprint density at radius 3 is 2.10 bits per heavy atom. The highest BCUT2D eigenvalue weighted by atomic mass is 16.1. The fourth-order valence-electron chi connectivity index (χ4n) is 2.66. The van der Waals surface area contributed by atoms with Gasteiger partial charge < -0.3 is 0 Å². The summed E-state index contributed by atoms with van der Waals surface area (Å²) in [6.45, 7) is 14.8. The predicted octanol–water partition coefficient (Wildman–Crippen LogP) is 3.45. The third kappa shape index (κ3) is 2.65. The molecule has 0 saturated carbocycles. The average molecular weight is 284 g/mol. The lowest BCUT2D eigenvalue weighted by Crippen LogP contribution is -2.28. The van der Waals surface area contributed by atoms with E-state index in [1.165, 1.54) is 27.8 Å². The van der Waals surface area contributed by atoms with Crippen molar-refractivity contribution in [1.82, 2.24) is 9.78 Å². The molecule has 3 nitrogen and oxygen atoms in total. The second-order valence-electron chi connectivity index (χ2n) is 6.03. The molecule has 21 heavy (non-hydrogen) atoms. The normalized spacial score (nSPS) is 11.0. The second-order valence-corrected chi connectivity index (χ2v) is 6.03. The summed E-state index contributed by atoms with van der Waals surface area (Å²) >= 11 is 0. The molecule has 0 bridgehead atoms. The van der Waals surface area contributed by atoms with Gasteiger partial charge in [0.15, 0.2) is 0 Å². The molecule has 0 unspecified atom stereocenters. The molecule has 1 aromatic carbocycles. The molecule has 0 amide bonds. The van der Waals surface area contributed by atoms with E-state index in [1.54, 1.807) is 4.68 Å². The van der Waals surface area contributed by atoms with Crippen molar-refractivity contribution in [3.8, 4) is 0 Å². The molecule has 1 heterocycles. The summed E-state index contributed by atoms with van der Waals surface area (Å²) in [7, 11) is 0. The van der Waals surface area contributed by atoms with E-state index in [2.05, 4.69) is 38.9 Å². The highest BCUT2D eigenvalue weighted by Crippen LogP contribution is 2.21. The Hall–Kier alpha value is -1.90. The van der Waals surface area contributed by atoms with Crippen molar-refractivity contribution in [3.63, 3.8) is 0 Å². The first-order chi connectivity index (χ1) is 9.73. The number of hydrogen-bond donors (Lipinski definition) is 0. The van der Waals surface area contributed by atoms with Gasteiger partial charge in [0.25, 0.3) is 5.56 Å². The van der Waals surface area contributed by atoms with Crippen molar-refractivity contribution in [1.29, 1.82) is 0 Å². The van der Waals surface area contributed by atoms with Gasteiger partial charge in [0.2, 0.25) is 0 Å². The van der Waals surface area contributed by atoms with Gasteiger partial charge in [-0.25, -0.2) is 4.68 Å². The zero-order valence-corrected chi connectivity index (χ0v) is 14.1. The van der Waals surface area contributed by atoms with Crippen LogP contribution in [0.15, 0.2) is 10.9 Å². The molecule has 0 radical (unpaired) electrons. The van der Waals surface area contributed by atoms with Crippen molar-refractivity contribution >= 4 is 0 Å². The molecule has 0 aliphatic rings. The van der Waals surface area contributed by atoms with Crippen LogP contribution in [0.4, 0.5) is 0 Å². The fourth-order valence-corrected chi connectivity index (χ4v) is 2.66. The van der Waals surface area contributed by atoms with E-state index in [1.807, 2.05) is 20.8 Å². The number of hydrogen-bond acceptors (Lipinski definition) is 2. The maximum absolute atomic E-state index is 12.4. The highest BCUT2D eigenvalue weighted by molar-refractivity contribution is 5.43. The van der Waals surface area contributed by atoms with Crippen molar-refractivity contribution in [2.75, 3.05) is 0 Å². The molecular formula is C18H24N2O. The van der Waals surface area contributed by atoms with Crippen molar-refractivity contribution in [2.24, 2.45) is 0 Å². The van der Waals surface area contributed by atoms with Crippen LogP contribution in [0.2, 0.25) is 0 Å². The summed E-state index contributed by atoms with van der Waals surface area (Å²) in [5, 5.41) is 4.46. The van der Waals surface area contributed by atoms with Crippen LogP contribution in [0.5, 0.6) is 0 Å². The Labute approximate surface area is 126 Å². The van der Waals surface area contributed by atoms with Gasteiger partial charge in [0, 0.05) is 5.56 Å². The molecule has 3 heteroatoms. The molecule has 2 aromatic rings. The van der Waals surface area contributed by atoms with E-state index in [-0.39, 0.29) is 5.56 Å². The van der Waals surface area contributed by atoms with E-state index >= 15 is 0 Å². The van der Waals surface area contributed by atoms with Gasteiger partial charge >= 0.3 is 0 Å². The molecular weight excluding hydrogens is 260 g/mol. The lowest BCUT2D eigenvalue weighted by molar-refractivity contribution is 0.616. The van der Waals surface area contributed by atoms with Crippen LogP contribution < -0.4 is 5.56 Å². The molecule has 0 aliphatic carbocycles. The van der Waals surface area contributed by atoms with Gasteiger partial charge in [0.1, 0.15) is 0 Å². The Morgan fingerprint density at radius 1 is 0.857 bits per heavy atom. The predicted molar refractivity (Wildman–Crippen MR) is 87.2 cm³/mol. The van der Waals surface area contributed by atoms with Gasteiger partial charge in [-0.3, -0.25) is 4.79 Å². The number of nitrogens with zero attached hydrogens (tertiary/aromatic N) is 2. The van der Waals surface area contributed by atoms with E-state index in [0.29, 0.717) is 6.54 Å². The molecule has 0 atom stereocenters. The monoisotopic (exact) mass is 284 g/mol. The van der Waals surface area contributed by atoms with Crippen LogP contribution in [-0.2, 0) is 6.54 Å². The average Bonchev–Trinajstić information content (AvgIpc) is 2.45. The lowest BCUT2D eigenvalue weighted by atomic mass is 9.94. The number of benzene rings is 1. The molecule has 0 saturated heterocycles. The summed E-state index contributed by atoms with van der Waals surface area (Å²) in [4.78, 5) is 12.4. The molecule has 1 aromatic heterocycles. The van der Waals surface area contributed by atoms with Gasteiger partial charge in [-0.2, -0.15) is 5.10 Å². The lowest BCUT2D eigenvalue weighted by Gasteiger charge is -2.16. The van der Waals surface area contributed by atoms with Crippen molar-refractivity contribution in [2.45, 2.75) is 55.0 Å². The van der Waals surface area contributed by atoms with Crippen LogP contribution in [0.3, 0.4) is 0 Å². The van der Waals surface area contributed by atoms with E-state index in [4.69, 9.17) is 0 Å². The zero-order chi connectivity index (χ0) is 15.9. The van der Waals surface area contributed by atoms with Gasteiger partial charge in [-0.1, -0.05) is 6.07 Å². The van der Waals surface area contributed by atoms with Gasteiger partial charge in [-0.05, 0) is 81.8 Å². The van der Waals surface area contributed by atoms with E-state index < -0.39 is 0 Å². The van der Waals surface area contributed by atoms with E-state index in [0.717, 1.165) is 16.8 Å². The Balaban J connectivity index is 2.57. The van der Waals surface area contributed by atoms with Crippen LogP contribution >= 0.6 is 0 Å². The molecule has 0 N–H and O–H groups in total. The molecule has 112 valence electrons. The highest BCUT2D eigenvalue weighted by Gasteiger charge is 2.12. The second kappa shape index (κ2) is 5.47. The van der Waals surface area contributed by atoms with Gasteiger partial charge in [0.05, 0.1) is 12.2 Å². The number of rotatable bonds is 2. The summed E-state index contributed by atoms with van der Waals surface area (Å²) in [6, 6.07) is 2.18. The maximum atomic E-state index is 12.4. The summed E-state index contributed by atoms with van der Waals surface area (Å²) < 4.78 is 1.59. The Morgan fingerprint density at radius 2 is 1.48 bits per heavy atom. The number of aryl methyl sites for hydroxylation is 2. The minimum Gasteiger partial charge on any atom is -0.267 e. The first kappa shape index (κ1) is 15.5. The molecule has 0 aliphatic heterocycles. The summed E-state index contributed by atoms with van der Waals surface area (Å²) in [6.07, 6.45) is 0. The quantitative estimate of drug-likeness (QED) is 0.846. The smallest absolute Gasteiger partial charge is 0.267 e. The van der Waals surface area contributed by atoms with Gasteiger partial charge in [-0.15, -0.1) is 0 Å². The SMILES string of the molecule is Cc1cc(Cn2nc(C)c(C)c(C)c2=O)c(C)c(C)c1C. The largest absolute Gasteiger partial charge is 0.270 e. The zero-order valence-electron chi connectivity index (χ0n) is 14.1. The standard InChI is InChI=1S/C18H24N2O/c1-10-8-17(14(5)12(3)11(10)2)9-20-18(21)15(6)13(4)16(7)19-20/h8H,9H2,1-7H3. The van der Waals surface area contributed by atoms with Crippen molar-refractivity contribution < 1.29 is 0 Å². The van der Waals surface area contributed by atoms with Crippen LogP contribution in [0, 0.1) is 48.5 Å². The first-order valence-corrected chi connectivity index (χ1v) is 7.35. The topological polar surface area (TPSA) is 34.9 Å². The Bertz CT molecular complexity index is 770. The van der Waals surface area contributed by atoms with Crippen LogP contribution in [0.25, 0.3) is 0 Å². The van der Waals surface area contributed by atoms with Crippen molar-refractivity contribution in [3.05, 3.63) is 61.1 Å². The summed E-state index contributed by atoms with van der Waals surface area (Å²) in [5.74, 6) is 0. The minimum absolute atomic E-state index is 0.00776. The maximum Gasteiger partial charge on any atom is 0.270 e. The summed E-state index contributed by atoms with van der Waals surface area (Å²) in [5.41, 5.74) is 9.03. The molecule has 2 rings (SSSR count).